The fourth-order valence-corrected chi connectivity index (χ4v) is 4.13. The quantitative estimate of drug-likeness (QED) is 0.420. The molecular formula is C27H28N4O3. The van der Waals surface area contributed by atoms with Crippen molar-refractivity contribution in [1.29, 1.82) is 0 Å². The lowest BCUT2D eigenvalue weighted by molar-refractivity contribution is 0.0784. The minimum Gasteiger partial charge on any atom is -0.487 e. The lowest BCUT2D eigenvalue weighted by atomic mass is 10.1. The monoisotopic (exact) mass is 456 g/mol. The number of rotatable bonds is 7. The molecule has 1 aliphatic heterocycles. The number of imidazole rings is 1. The van der Waals surface area contributed by atoms with Crippen LogP contribution in [0.3, 0.4) is 0 Å². The van der Waals surface area contributed by atoms with Crippen LogP contribution >= 0.6 is 0 Å². The fourth-order valence-electron chi connectivity index (χ4n) is 4.13. The van der Waals surface area contributed by atoms with Gasteiger partial charge in [-0.15, -0.1) is 0 Å². The van der Waals surface area contributed by atoms with Gasteiger partial charge in [0.05, 0.1) is 18.9 Å². The van der Waals surface area contributed by atoms with Gasteiger partial charge in [0.25, 0.3) is 5.91 Å². The van der Waals surface area contributed by atoms with E-state index in [0.29, 0.717) is 24.5 Å². The molecule has 174 valence electrons. The molecule has 1 saturated heterocycles. The molecule has 2 aromatic carbocycles. The average Bonchev–Trinajstić information content (AvgIpc) is 3.31. The Labute approximate surface area is 199 Å². The third kappa shape index (κ3) is 5.05. The summed E-state index contributed by atoms with van der Waals surface area (Å²) in [6.07, 6.45) is 3.90. The van der Waals surface area contributed by atoms with Gasteiger partial charge in [-0.3, -0.25) is 4.79 Å². The number of amides is 1. The first-order chi connectivity index (χ1) is 16.7. The third-order valence-electron chi connectivity index (χ3n) is 5.96. The number of pyridine rings is 1. The van der Waals surface area contributed by atoms with Crippen molar-refractivity contribution in [3.05, 3.63) is 95.9 Å². The second-order valence-electron chi connectivity index (χ2n) is 8.44. The second kappa shape index (κ2) is 9.97. The van der Waals surface area contributed by atoms with E-state index in [1.807, 2.05) is 60.2 Å². The maximum atomic E-state index is 13.0. The van der Waals surface area contributed by atoms with Gasteiger partial charge in [0, 0.05) is 50.3 Å². The van der Waals surface area contributed by atoms with Gasteiger partial charge >= 0.3 is 0 Å². The Kier molecular flexibility index (Phi) is 6.44. The number of aromatic nitrogens is 2. The fraction of sp³-hybridized carbons (Fsp3) is 0.259. The molecule has 4 aromatic rings. The predicted molar refractivity (Wildman–Crippen MR) is 131 cm³/mol. The van der Waals surface area contributed by atoms with Gasteiger partial charge in [0.1, 0.15) is 18.0 Å². The molecule has 0 unspecified atom stereocenters. The highest BCUT2D eigenvalue weighted by Gasteiger charge is 2.15. The number of fused-ring (bicyclic) bond motifs is 1. The van der Waals surface area contributed by atoms with E-state index in [-0.39, 0.29) is 5.91 Å². The topological polar surface area (TPSA) is 59.3 Å². The van der Waals surface area contributed by atoms with Crippen LogP contribution < -0.4 is 9.64 Å². The van der Waals surface area contributed by atoms with Crippen LogP contribution in [-0.4, -0.2) is 53.5 Å². The summed E-state index contributed by atoms with van der Waals surface area (Å²) in [6, 6.07) is 21.6. The minimum absolute atomic E-state index is 0.0459. The molecule has 0 bridgehead atoms. The van der Waals surface area contributed by atoms with Crippen LogP contribution in [0.25, 0.3) is 5.65 Å². The number of hydrogen-bond acceptors (Lipinski definition) is 5. The largest absolute Gasteiger partial charge is 0.487 e. The number of carbonyl (C=O) groups is 1. The van der Waals surface area contributed by atoms with E-state index in [9.17, 15) is 4.79 Å². The van der Waals surface area contributed by atoms with E-state index in [0.717, 1.165) is 43.2 Å². The molecule has 1 amide bonds. The molecule has 3 heterocycles. The summed E-state index contributed by atoms with van der Waals surface area (Å²) >= 11 is 0. The average molecular weight is 457 g/mol. The van der Waals surface area contributed by atoms with E-state index in [2.05, 4.69) is 34.1 Å². The summed E-state index contributed by atoms with van der Waals surface area (Å²) < 4.78 is 13.3. The molecule has 0 N–H and O–H groups in total. The summed E-state index contributed by atoms with van der Waals surface area (Å²) in [5, 5.41) is 0. The number of benzene rings is 2. The Bertz CT molecular complexity index is 1230. The summed E-state index contributed by atoms with van der Waals surface area (Å²) in [6.45, 7) is 4.22. The number of nitrogens with zero attached hydrogens (tertiary/aromatic N) is 4. The van der Waals surface area contributed by atoms with Crippen LogP contribution in [0, 0.1) is 0 Å². The molecule has 7 heteroatoms. The van der Waals surface area contributed by atoms with E-state index >= 15 is 0 Å². The third-order valence-corrected chi connectivity index (χ3v) is 5.96. The lowest BCUT2D eigenvalue weighted by Gasteiger charge is -2.29. The Hall–Kier alpha value is -3.84. The SMILES string of the molecule is CN(Cc1ccc(N2CCOCC2)cc1)C(=O)c1cccc(OCc2cn3ccccc3n2)c1. The van der Waals surface area contributed by atoms with Gasteiger partial charge in [-0.2, -0.15) is 0 Å². The molecule has 0 atom stereocenters. The molecular weight excluding hydrogens is 428 g/mol. The zero-order valence-corrected chi connectivity index (χ0v) is 19.3. The molecule has 0 aliphatic carbocycles. The highest BCUT2D eigenvalue weighted by atomic mass is 16.5. The molecule has 2 aromatic heterocycles. The van der Waals surface area contributed by atoms with Crippen LogP contribution in [0.4, 0.5) is 5.69 Å². The zero-order valence-electron chi connectivity index (χ0n) is 19.3. The van der Waals surface area contributed by atoms with Crippen molar-refractivity contribution in [2.24, 2.45) is 0 Å². The minimum atomic E-state index is -0.0459. The summed E-state index contributed by atoms with van der Waals surface area (Å²) in [4.78, 5) is 21.6. The Balaban J connectivity index is 1.19. The van der Waals surface area contributed by atoms with E-state index < -0.39 is 0 Å². The molecule has 7 nitrogen and oxygen atoms in total. The first-order valence-corrected chi connectivity index (χ1v) is 11.5. The van der Waals surface area contributed by atoms with Gasteiger partial charge in [-0.25, -0.2) is 4.98 Å². The van der Waals surface area contributed by atoms with Gasteiger partial charge in [-0.05, 0) is 48.0 Å². The van der Waals surface area contributed by atoms with Crippen molar-refractivity contribution in [3.8, 4) is 5.75 Å². The first-order valence-electron chi connectivity index (χ1n) is 11.5. The standard InChI is InChI=1S/C27H28N4O3/c1-29(18-21-8-10-24(11-9-21)30-13-15-33-16-14-30)27(32)22-5-4-6-25(17-22)34-20-23-19-31-12-3-2-7-26(31)28-23/h2-12,17,19H,13-16,18,20H2,1H3. The van der Waals surface area contributed by atoms with Gasteiger partial charge in [0.15, 0.2) is 0 Å². The Morgan fingerprint density at radius 3 is 2.68 bits per heavy atom. The molecule has 34 heavy (non-hydrogen) atoms. The summed E-state index contributed by atoms with van der Waals surface area (Å²) in [5.41, 5.74) is 4.59. The van der Waals surface area contributed by atoms with Crippen molar-refractivity contribution >= 4 is 17.2 Å². The molecule has 5 rings (SSSR count). The van der Waals surface area contributed by atoms with E-state index in [1.165, 1.54) is 5.69 Å². The molecule has 1 aliphatic rings. The number of carbonyl (C=O) groups excluding carboxylic acids is 1. The summed E-state index contributed by atoms with van der Waals surface area (Å²) in [7, 11) is 1.82. The van der Waals surface area contributed by atoms with Crippen LogP contribution in [0.5, 0.6) is 5.75 Å². The number of hydrogen-bond donors (Lipinski definition) is 0. The summed E-state index contributed by atoms with van der Waals surface area (Å²) in [5.74, 6) is 0.599. The normalized spacial score (nSPS) is 13.7. The predicted octanol–water partition coefficient (Wildman–Crippen LogP) is 4.02. The Morgan fingerprint density at radius 2 is 1.88 bits per heavy atom. The molecule has 0 spiro atoms. The van der Waals surface area contributed by atoms with Gasteiger partial charge in [-0.1, -0.05) is 24.3 Å². The van der Waals surface area contributed by atoms with Crippen LogP contribution in [0.15, 0.2) is 79.1 Å². The first kappa shape index (κ1) is 22.0. The Morgan fingerprint density at radius 1 is 1.06 bits per heavy atom. The molecule has 0 radical (unpaired) electrons. The highest BCUT2D eigenvalue weighted by molar-refractivity contribution is 5.94. The maximum absolute atomic E-state index is 13.0. The number of morpholine rings is 1. The molecule has 1 fully saturated rings. The van der Waals surface area contributed by atoms with Crippen molar-refractivity contribution in [1.82, 2.24) is 14.3 Å². The van der Waals surface area contributed by atoms with Crippen molar-refractivity contribution in [3.63, 3.8) is 0 Å². The lowest BCUT2D eigenvalue weighted by Crippen LogP contribution is -2.36. The number of ether oxygens (including phenoxy) is 2. The van der Waals surface area contributed by atoms with Crippen LogP contribution in [0.1, 0.15) is 21.6 Å². The van der Waals surface area contributed by atoms with E-state index in [1.54, 1.807) is 11.0 Å². The smallest absolute Gasteiger partial charge is 0.254 e. The van der Waals surface area contributed by atoms with Crippen LogP contribution in [-0.2, 0) is 17.9 Å². The van der Waals surface area contributed by atoms with Crippen molar-refractivity contribution in [2.75, 3.05) is 38.3 Å². The van der Waals surface area contributed by atoms with Crippen molar-refractivity contribution < 1.29 is 14.3 Å². The second-order valence-corrected chi connectivity index (χ2v) is 8.44. The van der Waals surface area contributed by atoms with E-state index in [4.69, 9.17) is 9.47 Å². The van der Waals surface area contributed by atoms with Gasteiger partial charge in [0.2, 0.25) is 0 Å². The highest BCUT2D eigenvalue weighted by Crippen LogP contribution is 2.20. The molecule has 0 saturated carbocycles. The zero-order chi connectivity index (χ0) is 23.3. The number of anilines is 1. The van der Waals surface area contributed by atoms with Crippen molar-refractivity contribution in [2.45, 2.75) is 13.2 Å². The van der Waals surface area contributed by atoms with Gasteiger partial charge < -0.3 is 23.7 Å². The van der Waals surface area contributed by atoms with Crippen LogP contribution in [0.2, 0.25) is 0 Å². The maximum Gasteiger partial charge on any atom is 0.254 e.